The van der Waals surface area contributed by atoms with E-state index in [1.807, 2.05) is 24.3 Å². The average Bonchev–Trinajstić information content (AvgIpc) is 2.99. The average molecular weight is 387 g/mol. The third kappa shape index (κ3) is 4.69. The molecule has 144 valence electrons. The highest BCUT2D eigenvalue weighted by atomic mass is 32.1. The molecule has 1 aromatic carbocycles. The molecule has 0 aliphatic heterocycles. The van der Waals surface area contributed by atoms with Gasteiger partial charge < -0.3 is 15.8 Å². The lowest BCUT2D eigenvalue weighted by molar-refractivity contribution is -0.116. The van der Waals surface area contributed by atoms with Crippen molar-refractivity contribution < 1.29 is 14.3 Å². The topological polar surface area (TPSA) is 81.4 Å². The number of amides is 2. The maximum Gasteiger partial charge on any atom is 0.251 e. The van der Waals surface area contributed by atoms with Gasteiger partial charge >= 0.3 is 0 Å². The van der Waals surface area contributed by atoms with Crippen molar-refractivity contribution >= 4 is 28.2 Å². The minimum absolute atomic E-state index is 0.172. The van der Waals surface area contributed by atoms with Crippen molar-refractivity contribution in [3.8, 4) is 5.75 Å². The lowest BCUT2D eigenvalue weighted by Gasteiger charge is -2.18. The Labute approximate surface area is 163 Å². The molecule has 1 aliphatic rings. The number of benzene rings is 1. The van der Waals surface area contributed by atoms with Gasteiger partial charge in [-0.1, -0.05) is 26.0 Å². The maximum atomic E-state index is 12.3. The zero-order chi connectivity index (χ0) is 19.4. The maximum absolute atomic E-state index is 12.3. The fourth-order valence-electron chi connectivity index (χ4n) is 3.37. The molecule has 1 unspecified atom stereocenters. The van der Waals surface area contributed by atoms with Gasteiger partial charge in [0.05, 0.1) is 18.6 Å². The highest BCUT2D eigenvalue weighted by Crippen LogP contribution is 2.39. The Bertz CT molecular complexity index is 827. The molecule has 1 atom stereocenters. The summed E-state index contributed by atoms with van der Waals surface area (Å²) in [4.78, 5) is 25.4. The molecule has 0 spiro atoms. The van der Waals surface area contributed by atoms with Crippen LogP contribution < -0.4 is 15.8 Å². The van der Waals surface area contributed by atoms with Gasteiger partial charge in [-0.25, -0.2) is 0 Å². The summed E-state index contributed by atoms with van der Waals surface area (Å²) in [5.41, 5.74) is 8.34. The number of hydrogen-bond acceptors (Lipinski definition) is 4. The van der Waals surface area contributed by atoms with E-state index in [-0.39, 0.29) is 18.9 Å². The largest absolute Gasteiger partial charge is 0.493 e. The fourth-order valence-corrected chi connectivity index (χ4v) is 4.80. The van der Waals surface area contributed by atoms with E-state index in [0.717, 1.165) is 37.0 Å². The summed E-state index contributed by atoms with van der Waals surface area (Å²) in [5.74, 6) is 0.699. The van der Waals surface area contributed by atoms with Crippen LogP contribution >= 0.6 is 11.3 Å². The van der Waals surface area contributed by atoms with E-state index in [9.17, 15) is 9.59 Å². The molecule has 3 N–H and O–H groups in total. The van der Waals surface area contributed by atoms with Crippen molar-refractivity contribution in [3.05, 3.63) is 45.8 Å². The third-order valence-electron chi connectivity index (χ3n) is 4.94. The monoisotopic (exact) mass is 386 g/mol. The Morgan fingerprint density at radius 1 is 1.30 bits per heavy atom. The quantitative estimate of drug-likeness (QED) is 0.756. The molecule has 2 amide bonds. The van der Waals surface area contributed by atoms with Gasteiger partial charge in [-0.15, -0.1) is 11.3 Å². The molecule has 0 radical (unpaired) electrons. The molecule has 0 saturated carbocycles. The first-order valence-electron chi connectivity index (χ1n) is 9.43. The van der Waals surface area contributed by atoms with Crippen molar-refractivity contribution in [2.75, 3.05) is 11.9 Å². The number of nitrogens with one attached hydrogen (secondary N) is 1. The minimum atomic E-state index is -0.468. The van der Waals surface area contributed by atoms with Gasteiger partial charge in [0, 0.05) is 4.88 Å². The summed E-state index contributed by atoms with van der Waals surface area (Å²) in [6.45, 7) is 4.59. The SMILES string of the molecule is CCc1ccc(OCCC(=O)Nc2sc3c(c2C(N)=O)CCC(C)C3)cc1. The number of nitrogens with two attached hydrogens (primary N) is 1. The number of anilines is 1. The Kier molecular flexibility index (Phi) is 6.16. The molecular formula is C21H26N2O3S. The normalized spacial score (nSPS) is 15.9. The van der Waals surface area contributed by atoms with Crippen molar-refractivity contribution in [2.45, 2.75) is 46.0 Å². The summed E-state index contributed by atoms with van der Waals surface area (Å²) in [5, 5.41) is 3.45. The Morgan fingerprint density at radius 2 is 2.04 bits per heavy atom. The van der Waals surface area contributed by atoms with Gasteiger partial charge in [0.25, 0.3) is 5.91 Å². The highest BCUT2D eigenvalue weighted by Gasteiger charge is 2.27. The number of primary amides is 1. The van der Waals surface area contributed by atoms with Crippen molar-refractivity contribution in [3.63, 3.8) is 0 Å². The zero-order valence-electron chi connectivity index (χ0n) is 15.8. The molecule has 1 aliphatic carbocycles. The molecule has 6 heteroatoms. The van der Waals surface area contributed by atoms with Gasteiger partial charge in [-0.3, -0.25) is 9.59 Å². The summed E-state index contributed by atoms with van der Waals surface area (Å²) in [7, 11) is 0. The van der Waals surface area contributed by atoms with E-state index in [1.54, 1.807) is 0 Å². The van der Waals surface area contributed by atoms with Gasteiger partial charge in [-0.2, -0.15) is 0 Å². The first-order chi connectivity index (χ1) is 13.0. The second-order valence-corrected chi connectivity index (χ2v) is 8.17. The second-order valence-electron chi connectivity index (χ2n) is 7.06. The van der Waals surface area contributed by atoms with Crippen LogP contribution in [0, 0.1) is 5.92 Å². The van der Waals surface area contributed by atoms with Gasteiger partial charge in [0.15, 0.2) is 0 Å². The summed E-state index contributed by atoms with van der Waals surface area (Å²) < 4.78 is 5.64. The molecule has 2 aromatic rings. The third-order valence-corrected chi connectivity index (χ3v) is 6.11. The van der Waals surface area contributed by atoms with Crippen LogP contribution in [0.25, 0.3) is 0 Å². The fraction of sp³-hybridized carbons (Fsp3) is 0.429. The molecule has 0 fully saturated rings. The number of rotatable bonds is 7. The first kappa shape index (κ1) is 19.4. The summed E-state index contributed by atoms with van der Waals surface area (Å²) >= 11 is 1.48. The van der Waals surface area contributed by atoms with Crippen molar-refractivity contribution in [2.24, 2.45) is 11.7 Å². The Morgan fingerprint density at radius 3 is 2.70 bits per heavy atom. The van der Waals surface area contributed by atoms with Crippen LogP contribution in [0.3, 0.4) is 0 Å². The Balaban J connectivity index is 1.59. The van der Waals surface area contributed by atoms with E-state index in [2.05, 4.69) is 19.2 Å². The lowest BCUT2D eigenvalue weighted by atomic mass is 9.88. The van der Waals surface area contributed by atoms with E-state index in [1.165, 1.54) is 21.8 Å². The Hall–Kier alpha value is -2.34. The number of aryl methyl sites for hydroxylation is 1. The van der Waals surface area contributed by atoms with Crippen LogP contribution in [0.2, 0.25) is 0 Å². The molecule has 1 aromatic heterocycles. The van der Waals surface area contributed by atoms with Crippen molar-refractivity contribution in [1.82, 2.24) is 0 Å². The number of ether oxygens (including phenoxy) is 1. The van der Waals surface area contributed by atoms with Crippen LogP contribution in [0.1, 0.15) is 53.1 Å². The van der Waals surface area contributed by atoms with Gasteiger partial charge in [0.2, 0.25) is 5.91 Å². The number of thiophene rings is 1. The van der Waals surface area contributed by atoms with Crippen LogP contribution in [-0.2, 0) is 24.1 Å². The standard InChI is InChI=1S/C21H26N2O3S/c1-3-14-5-7-15(8-6-14)26-11-10-18(24)23-21-19(20(22)25)16-9-4-13(2)12-17(16)27-21/h5-8,13H,3-4,9-12H2,1-2H3,(H2,22,25)(H,23,24). The van der Waals surface area contributed by atoms with Crippen LogP contribution in [0.15, 0.2) is 24.3 Å². The van der Waals surface area contributed by atoms with Gasteiger partial charge in [0.1, 0.15) is 10.8 Å². The molecular weight excluding hydrogens is 360 g/mol. The molecule has 3 rings (SSSR count). The summed E-state index contributed by atoms with van der Waals surface area (Å²) in [6, 6.07) is 7.87. The molecule has 0 saturated heterocycles. The minimum Gasteiger partial charge on any atom is -0.493 e. The van der Waals surface area contributed by atoms with Crippen LogP contribution in [0.4, 0.5) is 5.00 Å². The van der Waals surface area contributed by atoms with Crippen LogP contribution in [0.5, 0.6) is 5.75 Å². The molecule has 0 bridgehead atoms. The smallest absolute Gasteiger partial charge is 0.251 e. The second kappa shape index (κ2) is 8.57. The highest BCUT2D eigenvalue weighted by molar-refractivity contribution is 7.17. The first-order valence-corrected chi connectivity index (χ1v) is 10.3. The van der Waals surface area contributed by atoms with E-state index < -0.39 is 5.91 Å². The predicted octanol–water partition coefficient (Wildman–Crippen LogP) is 3.94. The predicted molar refractivity (Wildman–Crippen MR) is 109 cm³/mol. The van der Waals surface area contributed by atoms with E-state index in [4.69, 9.17) is 10.5 Å². The lowest BCUT2D eigenvalue weighted by Crippen LogP contribution is -2.20. The van der Waals surface area contributed by atoms with Crippen molar-refractivity contribution in [1.29, 1.82) is 0 Å². The van der Waals surface area contributed by atoms with E-state index >= 15 is 0 Å². The zero-order valence-corrected chi connectivity index (χ0v) is 16.7. The molecule has 1 heterocycles. The number of carbonyl (C=O) groups is 2. The molecule has 27 heavy (non-hydrogen) atoms. The number of carbonyl (C=O) groups excluding carboxylic acids is 2. The number of hydrogen-bond donors (Lipinski definition) is 2. The van der Waals surface area contributed by atoms with Gasteiger partial charge in [-0.05, 0) is 54.9 Å². The molecule has 5 nitrogen and oxygen atoms in total. The summed E-state index contributed by atoms with van der Waals surface area (Å²) in [6.07, 6.45) is 4.02. The number of fused-ring (bicyclic) bond motifs is 1. The van der Waals surface area contributed by atoms with E-state index in [0.29, 0.717) is 16.5 Å². The van der Waals surface area contributed by atoms with Crippen LogP contribution in [-0.4, -0.2) is 18.4 Å².